The van der Waals surface area contributed by atoms with Crippen molar-refractivity contribution < 1.29 is 14.3 Å². The van der Waals surface area contributed by atoms with Gasteiger partial charge in [-0.05, 0) is 64.8 Å². The molecule has 35 heavy (non-hydrogen) atoms. The standard InChI is InChI=1S/C25H32BrN5O4/c1-14-8-15(2)29-23(33)20(14)12-28-22(32)18-9-16(26)10-21(19(18)11-27)30-17-6-7-31(13-17)24(34)35-25(3,4)5/h8-11,17,27,30H,6-7,12-13H2,1-5H3,(H,28,32)(H,29,33). The molecule has 1 aromatic carbocycles. The Morgan fingerprint density at radius 3 is 2.63 bits per heavy atom. The number of aromatic nitrogens is 1. The molecule has 3 rings (SSSR count). The van der Waals surface area contributed by atoms with Crippen molar-refractivity contribution in [3.8, 4) is 0 Å². The van der Waals surface area contributed by atoms with Gasteiger partial charge in [-0.15, -0.1) is 0 Å². The first-order valence-electron chi connectivity index (χ1n) is 11.4. The Hall–Kier alpha value is -3.14. The molecule has 1 fully saturated rings. The summed E-state index contributed by atoms with van der Waals surface area (Å²) in [6.07, 6.45) is 1.48. The van der Waals surface area contributed by atoms with Crippen LogP contribution in [0.1, 0.15) is 59.9 Å². The van der Waals surface area contributed by atoms with Gasteiger partial charge in [-0.2, -0.15) is 0 Å². The smallest absolute Gasteiger partial charge is 0.410 e. The molecule has 2 aromatic rings. The number of rotatable bonds is 6. The maximum atomic E-state index is 13.1. The quantitative estimate of drug-likeness (QED) is 0.406. The number of carbonyl (C=O) groups excluding carboxylic acids is 2. The molecule has 1 aliphatic heterocycles. The summed E-state index contributed by atoms with van der Waals surface area (Å²) in [5.74, 6) is -0.394. The molecule has 2 amide bonds. The lowest BCUT2D eigenvalue weighted by Gasteiger charge is -2.24. The van der Waals surface area contributed by atoms with Gasteiger partial charge in [0.05, 0.1) is 5.56 Å². The minimum Gasteiger partial charge on any atom is -0.444 e. The van der Waals surface area contributed by atoms with Gasteiger partial charge in [0.1, 0.15) is 5.60 Å². The average molecular weight is 546 g/mol. The molecule has 1 aromatic heterocycles. The molecule has 1 aliphatic rings. The summed E-state index contributed by atoms with van der Waals surface area (Å²) in [5.41, 5.74) is 2.59. The molecule has 1 atom stereocenters. The van der Waals surface area contributed by atoms with Gasteiger partial charge in [-0.25, -0.2) is 4.79 Å². The highest BCUT2D eigenvalue weighted by molar-refractivity contribution is 9.10. The van der Waals surface area contributed by atoms with E-state index in [1.165, 1.54) is 0 Å². The third-order valence-corrected chi connectivity index (χ3v) is 6.11. The SMILES string of the molecule is Cc1cc(C)c(CNC(=O)c2cc(Br)cc(NC3CCN(C(=O)OC(C)(C)C)C3)c2C=N)c(=O)[nH]1. The molecule has 0 aliphatic carbocycles. The molecule has 0 spiro atoms. The number of carbonyl (C=O) groups is 2. The van der Waals surface area contributed by atoms with Crippen molar-refractivity contribution in [3.63, 3.8) is 0 Å². The number of hydrogen-bond acceptors (Lipinski definition) is 6. The summed E-state index contributed by atoms with van der Waals surface area (Å²) in [5, 5.41) is 14.1. The molecular weight excluding hydrogens is 514 g/mol. The van der Waals surface area contributed by atoms with E-state index in [1.807, 2.05) is 39.8 Å². The zero-order valence-corrected chi connectivity index (χ0v) is 22.3. The molecule has 0 saturated carbocycles. The Balaban J connectivity index is 1.75. The average Bonchev–Trinajstić information content (AvgIpc) is 3.20. The van der Waals surface area contributed by atoms with Crippen molar-refractivity contribution in [2.24, 2.45) is 0 Å². The van der Waals surface area contributed by atoms with Gasteiger partial charge in [0.15, 0.2) is 0 Å². The maximum absolute atomic E-state index is 13.1. The number of ether oxygens (including phenoxy) is 1. The summed E-state index contributed by atoms with van der Waals surface area (Å²) in [4.78, 5) is 42.1. The number of H-pyrrole nitrogens is 1. The van der Waals surface area contributed by atoms with E-state index in [4.69, 9.17) is 10.1 Å². The van der Waals surface area contributed by atoms with E-state index in [-0.39, 0.29) is 24.2 Å². The summed E-state index contributed by atoms with van der Waals surface area (Å²) in [6.45, 7) is 10.2. The zero-order valence-electron chi connectivity index (χ0n) is 20.7. The van der Waals surface area contributed by atoms with E-state index in [0.717, 1.165) is 17.5 Å². The monoisotopic (exact) mass is 545 g/mol. The third-order valence-electron chi connectivity index (χ3n) is 5.65. The normalized spacial score (nSPS) is 15.6. The Morgan fingerprint density at radius 1 is 1.29 bits per heavy atom. The molecule has 9 nitrogen and oxygen atoms in total. The van der Waals surface area contributed by atoms with Crippen molar-refractivity contribution in [3.05, 3.63) is 61.0 Å². The molecule has 10 heteroatoms. The number of benzene rings is 1. The predicted octanol–water partition coefficient (Wildman–Crippen LogP) is 4.10. The van der Waals surface area contributed by atoms with Crippen molar-refractivity contribution in [2.45, 2.75) is 59.2 Å². The van der Waals surface area contributed by atoms with Gasteiger partial charge in [0.25, 0.3) is 11.5 Å². The van der Waals surface area contributed by atoms with Crippen molar-refractivity contribution in [1.82, 2.24) is 15.2 Å². The van der Waals surface area contributed by atoms with Crippen LogP contribution < -0.4 is 16.2 Å². The van der Waals surface area contributed by atoms with Gasteiger partial charge in [-0.1, -0.05) is 15.9 Å². The Kier molecular flexibility index (Phi) is 8.04. The first-order valence-corrected chi connectivity index (χ1v) is 12.2. The number of hydrogen-bond donors (Lipinski definition) is 4. The zero-order chi connectivity index (χ0) is 25.9. The number of pyridine rings is 1. The second-order valence-corrected chi connectivity index (χ2v) is 10.7. The Labute approximate surface area is 213 Å². The number of aromatic amines is 1. The largest absolute Gasteiger partial charge is 0.444 e. The summed E-state index contributed by atoms with van der Waals surface area (Å²) in [7, 11) is 0. The number of nitrogens with one attached hydrogen (secondary N) is 4. The van der Waals surface area contributed by atoms with Crippen LogP contribution in [0.3, 0.4) is 0 Å². The van der Waals surface area contributed by atoms with E-state index < -0.39 is 11.5 Å². The predicted molar refractivity (Wildman–Crippen MR) is 140 cm³/mol. The van der Waals surface area contributed by atoms with Gasteiger partial charge >= 0.3 is 6.09 Å². The van der Waals surface area contributed by atoms with Gasteiger partial charge in [-0.3, -0.25) is 9.59 Å². The molecule has 4 N–H and O–H groups in total. The molecule has 1 unspecified atom stereocenters. The fraction of sp³-hybridized carbons (Fsp3) is 0.440. The molecule has 2 heterocycles. The van der Waals surface area contributed by atoms with Crippen LogP contribution in [-0.2, 0) is 11.3 Å². The van der Waals surface area contributed by atoms with E-state index >= 15 is 0 Å². The van der Waals surface area contributed by atoms with Crippen LogP contribution in [0.15, 0.2) is 27.5 Å². The van der Waals surface area contributed by atoms with Crippen molar-refractivity contribution in [1.29, 1.82) is 5.41 Å². The fourth-order valence-corrected chi connectivity index (χ4v) is 4.49. The minimum absolute atomic E-state index is 0.0554. The topological polar surface area (TPSA) is 127 Å². The highest BCUT2D eigenvalue weighted by Gasteiger charge is 2.30. The molecule has 1 saturated heterocycles. The van der Waals surface area contributed by atoms with E-state index in [0.29, 0.717) is 46.4 Å². The van der Waals surface area contributed by atoms with E-state index in [2.05, 4.69) is 31.5 Å². The lowest BCUT2D eigenvalue weighted by molar-refractivity contribution is 0.0293. The second kappa shape index (κ2) is 10.6. The van der Waals surface area contributed by atoms with Gasteiger partial charge in [0.2, 0.25) is 0 Å². The number of nitrogens with zero attached hydrogens (tertiary/aromatic N) is 1. The summed E-state index contributed by atoms with van der Waals surface area (Å²) >= 11 is 3.45. The van der Waals surface area contributed by atoms with Crippen LogP contribution in [0.25, 0.3) is 0 Å². The van der Waals surface area contributed by atoms with Crippen LogP contribution in [0, 0.1) is 19.3 Å². The van der Waals surface area contributed by atoms with Crippen LogP contribution in [0.4, 0.5) is 10.5 Å². The highest BCUT2D eigenvalue weighted by Crippen LogP contribution is 2.27. The van der Waals surface area contributed by atoms with E-state index in [1.54, 1.807) is 17.9 Å². The lowest BCUT2D eigenvalue weighted by Crippen LogP contribution is -2.36. The summed E-state index contributed by atoms with van der Waals surface area (Å²) < 4.78 is 6.13. The van der Waals surface area contributed by atoms with Crippen molar-refractivity contribution >= 4 is 39.8 Å². The van der Waals surface area contributed by atoms with Crippen LogP contribution >= 0.6 is 15.9 Å². The molecule has 188 valence electrons. The number of halogens is 1. The van der Waals surface area contributed by atoms with Crippen LogP contribution in [-0.4, -0.2) is 52.8 Å². The fourth-order valence-electron chi connectivity index (χ4n) is 4.04. The Morgan fingerprint density at radius 2 is 2.00 bits per heavy atom. The second-order valence-electron chi connectivity index (χ2n) is 9.74. The van der Waals surface area contributed by atoms with Crippen LogP contribution in [0.5, 0.6) is 0 Å². The van der Waals surface area contributed by atoms with E-state index in [9.17, 15) is 14.4 Å². The minimum atomic E-state index is -0.565. The Bertz CT molecular complexity index is 1200. The van der Waals surface area contributed by atoms with Crippen molar-refractivity contribution in [2.75, 3.05) is 18.4 Å². The maximum Gasteiger partial charge on any atom is 0.410 e. The van der Waals surface area contributed by atoms with Crippen LogP contribution in [0.2, 0.25) is 0 Å². The van der Waals surface area contributed by atoms with Gasteiger partial charge < -0.3 is 30.7 Å². The first kappa shape index (κ1) is 26.5. The van der Waals surface area contributed by atoms with Gasteiger partial charge in [0, 0.05) is 58.9 Å². The molecule has 0 bridgehead atoms. The number of aryl methyl sites for hydroxylation is 2. The lowest BCUT2D eigenvalue weighted by atomic mass is 10.0. The number of anilines is 1. The number of amides is 2. The molecule has 0 radical (unpaired) electrons. The third kappa shape index (κ3) is 6.72. The molecular formula is C25H32BrN5O4. The highest BCUT2D eigenvalue weighted by atomic mass is 79.9. The summed E-state index contributed by atoms with van der Waals surface area (Å²) in [6, 6.07) is 5.26. The first-order chi connectivity index (χ1) is 16.4. The number of likely N-dealkylation sites (tertiary alicyclic amines) is 1.